The van der Waals surface area contributed by atoms with Gasteiger partial charge in [0.2, 0.25) is 5.91 Å². The minimum Gasteiger partial charge on any atom is -0.476 e. The minimum atomic E-state index is -1.24. The normalized spacial score (nSPS) is 22.2. The molecule has 2 aliphatic heterocycles. The molecular formula is C23H25Cl2FN4O3. The van der Waals surface area contributed by atoms with Crippen LogP contribution < -0.4 is 20.7 Å². The molecule has 1 aromatic carbocycles. The topological polar surface area (TPSA) is 97.5 Å². The average Bonchev–Trinajstić information content (AvgIpc) is 3.04. The van der Waals surface area contributed by atoms with E-state index in [1.54, 1.807) is 19.9 Å². The van der Waals surface area contributed by atoms with Crippen molar-refractivity contribution in [3.63, 3.8) is 0 Å². The number of rotatable bonds is 6. The molecule has 10 heteroatoms. The Bertz CT molecular complexity index is 1070. The summed E-state index contributed by atoms with van der Waals surface area (Å²) in [4.78, 5) is 31.0. The third-order valence-electron chi connectivity index (χ3n) is 6.28. The number of anilines is 1. The molecular weight excluding hydrogens is 470 g/mol. The summed E-state index contributed by atoms with van der Waals surface area (Å²) in [5.74, 6) is -0.502. The zero-order valence-electron chi connectivity index (χ0n) is 18.3. The van der Waals surface area contributed by atoms with E-state index in [1.165, 1.54) is 12.3 Å². The summed E-state index contributed by atoms with van der Waals surface area (Å²) in [7, 11) is 0. The molecule has 0 spiro atoms. The van der Waals surface area contributed by atoms with Crippen molar-refractivity contribution in [1.82, 2.24) is 10.3 Å². The third kappa shape index (κ3) is 4.73. The van der Waals surface area contributed by atoms with Crippen molar-refractivity contribution in [3.05, 3.63) is 51.9 Å². The van der Waals surface area contributed by atoms with Crippen LogP contribution in [0.25, 0.3) is 0 Å². The molecule has 176 valence electrons. The molecule has 33 heavy (non-hydrogen) atoms. The average molecular weight is 495 g/mol. The first-order chi connectivity index (χ1) is 15.6. The molecule has 3 heterocycles. The van der Waals surface area contributed by atoms with E-state index in [9.17, 15) is 14.0 Å². The van der Waals surface area contributed by atoms with Crippen LogP contribution in [0.1, 0.15) is 49.9 Å². The largest absolute Gasteiger partial charge is 0.476 e. The highest BCUT2D eigenvalue weighted by Crippen LogP contribution is 2.39. The Morgan fingerprint density at radius 3 is 2.39 bits per heavy atom. The molecule has 2 bridgehead atoms. The van der Waals surface area contributed by atoms with Crippen LogP contribution in [0.5, 0.6) is 5.75 Å². The molecule has 0 saturated carbocycles. The summed E-state index contributed by atoms with van der Waals surface area (Å²) >= 11 is 11.9. The Morgan fingerprint density at radius 1 is 1.15 bits per heavy atom. The molecule has 0 radical (unpaired) electrons. The first-order valence-electron chi connectivity index (χ1n) is 10.7. The van der Waals surface area contributed by atoms with E-state index in [0.29, 0.717) is 5.56 Å². The number of carbonyl (C=O) groups is 2. The smallest absolute Gasteiger partial charge is 0.263 e. The zero-order valence-corrected chi connectivity index (χ0v) is 19.8. The van der Waals surface area contributed by atoms with Gasteiger partial charge in [0.25, 0.3) is 5.91 Å². The number of carbonyl (C=O) groups excluding carboxylic acids is 2. The molecule has 2 amide bonds. The standard InChI is InChI=1S/C23H25Cl2FN4O3/c1-23(2,33-17-7-6-16(26)19(24)20(17)25)22(32)29-13-9-14-4-5-15(10-13)30(14)18-8-3-12(11-28-18)21(27)31/h3,6-8,11,13-15H,4-5,9-10H2,1-2H3,(H2,27,31)(H,29,32)/t13?,14-,15+. The summed E-state index contributed by atoms with van der Waals surface area (Å²) < 4.78 is 19.4. The number of piperidine rings is 1. The Labute approximate surface area is 201 Å². The van der Waals surface area contributed by atoms with Crippen molar-refractivity contribution < 1.29 is 18.7 Å². The SMILES string of the molecule is CC(C)(Oc1ccc(F)c(Cl)c1Cl)C(=O)NC1C[C@H]2CC[C@@H](C1)N2c1ccc(C(N)=O)cn1. The summed E-state index contributed by atoms with van der Waals surface area (Å²) in [5, 5.41) is 2.79. The van der Waals surface area contributed by atoms with Crippen LogP contribution in [-0.4, -0.2) is 40.5 Å². The number of hydrogen-bond acceptors (Lipinski definition) is 5. The highest BCUT2D eigenvalue weighted by atomic mass is 35.5. The van der Waals surface area contributed by atoms with E-state index in [2.05, 4.69) is 15.2 Å². The Hall–Kier alpha value is -2.58. The third-order valence-corrected chi connectivity index (χ3v) is 7.12. The summed E-state index contributed by atoms with van der Waals surface area (Å²) in [6, 6.07) is 6.45. The number of nitrogens with two attached hydrogens (primary N) is 1. The molecule has 3 N–H and O–H groups in total. The van der Waals surface area contributed by atoms with Crippen LogP contribution >= 0.6 is 23.2 Å². The van der Waals surface area contributed by atoms with Crippen LogP contribution in [0.15, 0.2) is 30.5 Å². The number of aromatic nitrogens is 1. The first-order valence-corrected chi connectivity index (χ1v) is 11.5. The monoisotopic (exact) mass is 494 g/mol. The highest BCUT2D eigenvalue weighted by molar-refractivity contribution is 6.43. The zero-order chi connectivity index (χ0) is 23.9. The van der Waals surface area contributed by atoms with Gasteiger partial charge in [-0.25, -0.2) is 9.37 Å². The molecule has 3 atom stereocenters. The lowest BCUT2D eigenvalue weighted by Crippen LogP contribution is -2.55. The number of benzene rings is 1. The molecule has 4 rings (SSSR count). The van der Waals surface area contributed by atoms with Gasteiger partial charge in [-0.3, -0.25) is 9.59 Å². The quantitative estimate of drug-likeness (QED) is 0.589. The van der Waals surface area contributed by atoms with Crippen LogP contribution in [0.4, 0.5) is 10.2 Å². The number of pyridine rings is 1. The highest BCUT2D eigenvalue weighted by Gasteiger charge is 2.43. The Morgan fingerprint density at radius 2 is 1.82 bits per heavy atom. The van der Waals surface area contributed by atoms with Crippen molar-refractivity contribution in [2.75, 3.05) is 4.90 Å². The Kier molecular flexibility index (Phi) is 6.42. The molecule has 2 fully saturated rings. The van der Waals surface area contributed by atoms with Crippen molar-refractivity contribution >= 4 is 40.8 Å². The second kappa shape index (κ2) is 8.99. The van der Waals surface area contributed by atoms with Crippen LogP contribution in [0, 0.1) is 5.82 Å². The molecule has 0 aliphatic carbocycles. The van der Waals surface area contributed by atoms with Gasteiger partial charge in [0.15, 0.2) is 5.60 Å². The summed E-state index contributed by atoms with van der Waals surface area (Å²) in [6.07, 6.45) is 5.03. The molecule has 2 aromatic rings. The lowest BCUT2D eigenvalue weighted by Gasteiger charge is -2.40. The van der Waals surface area contributed by atoms with Crippen LogP contribution in [0.3, 0.4) is 0 Å². The van der Waals surface area contributed by atoms with Gasteiger partial charge in [-0.15, -0.1) is 0 Å². The van der Waals surface area contributed by atoms with Gasteiger partial charge in [0, 0.05) is 24.3 Å². The number of primary amides is 1. The number of ether oxygens (including phenoxy) is 1. The predicted octanol–water partition coefficient (Wildman–Crippen LogP) is 4.10. The molecule has 7 nitrogen and oxygen atoms in total. The predicted molar refractivity (Wildman–Crippen MR) is 124 cm³/mol. The van der Waals surface area contributed by atoms with Gasteiger partial charge in [0.05, 0.1) is 10.6 Å². The number of amides is 2. The number of halogens is 3. The van der Waals surface area contributed by atoms with Crippen molar-refractivity contribution in [2.24, 2.45) is 5.73 Å². The fourth-order valence-electron chi connectivity index (χ4n) is 4.62. The van der Waals surface area contributed by atoms with Gasteiger partial charge < -0.3 is 20.7 Å². The fourth-order valence-corrected chi connectivity index (χ4v) is 4.97. The van der Waals surface area contributed by atoms with Gasteiger partial charge >= 0.3 is 0 Å². The first kappa shape index (κ1) is 23.6. The second-order valence-corrected chi connectivity index (χ2v) is 9.75. The summed E-state index contributed by atoms with van der Waals surface area (Å²) in [6.45, 7) is 3.26. The van der Waals surface area contributed by atoms with E-state index in [-0.39, 0.29) is 39.8 Å². The Balaban J connectivity index is 1.41. The minimum absolute atomic E-state index is 0.0219. The maximum Gasteiger partial charge on any atom is 0.263 e. The maximum absolute atomic E-state index is 13.6. The molecule has 2 aliphatic rings. The number of hydrogen-bond donors (Lipinski definition) is 2. The van der Waals surface area contributed by atoms with Crippen LogP contribution in [-0.2, 0) is 4.79 Å². The number of nitrogens with zero attached hydrogens (tertiary/aromatic N) is 2. The van der Waals surface area contributed by atoms with Crippen molar-refractivity contribution in [1.29, 1.82) is 0 Å². The van der Waals surface area contributed by atoms with E-state index in [4.69, 9.17) is 33.7 Å². The molecule has 2 saturated heterocycles. The fraction of sp³-hybridized carbons (Fsp3) is 0.435. The number of fused-ring (bicyclic) bond motifs is 2. The van der Waals surface area contributed by atoms with Gasteiger partial charge in [-0.05, 0) is 63.8 Å². The van der Waals surface area contributed by atoms with Gasteiger partial charge in [0.1, 0.15) is 22.4 Å². The van der Waals surface area contributed by atoms with E-state index in [1.807, 2.05) is 6.07 Å². The molecule has 1 aromatic heterocycles. The van der Waals surface area contributed by atoms with E-state index in [0.717, 1.165) is 37.6 Å². The van der Waals surface area contributed by atoms with Gasteiger partial charge in [-0.1, -0.05) is 23.2 Å². The van der Waals surface area contributed by atoms with Crippen LogP contribution in [0.2, 0.25) is 10.0 Å². The maximum atomic E-state index is 13.6. The lowest BCUT2D eigenvalue weighted by atomic mass is 9.96. The number of nitrogens with one attached hydrogen (secondary N) is 1. The lowest BCUT2D eigenvalue weighted by molar-refractivity contribution is -0.135. The van der Waals surface area contributed by atoms with Crippen molar-refractivity contribution in [3.8, 4) is 5.75 Å². The van der Waals surface area contributed by atoms with Crippen molar-refractivity contribution in [2.45, 2.75) is 63.3 Å². The summed E-state index contributed by atoms with van der Waals surface area (Å²) in [5.41, 5.74) is 4.44. The van der Waals surface area contributed by atoms with E-state index < -0.39 is 17.3 Å². The molecule has 1 unspecified atom stereocenters. The second-order valence-electron chi connectivity index (χ2n) is 8.99. The van der Waals surface area contributed by atoms with E-state index >= 15 is 0 Å². The van der Waals surface area contributed by atoms with Gasteiger partial charge in [-0.2, -0.15) is 0 Å².